The largest absolute Gasteiger partial charge is 0.499 e. The Morgan fingerprint density at radius 2 is 1.32 bits per heavy atom. The molecule has 1 aliphatic heterocycles. The number of urea groups is 1. The molecule has 294 valence electrons. The molecule has 1 heterocycles. The molecule has 0 aliphatic carbocycles. The first-order valence-electron chi connectivity index (χ1n) is 18.4. The van der Waals surface area contributed by atoms with E-state index in [0.29, 0.717) is 30.0 Å². The minimum Gasteiger partial charge on any atom is -0.499 e. The SMILES string of the molecule is CC[C@H](C)[C@H](NC(=O)Nc1ccc(OC)cc1)C(=O)N[C@@H](CC(C)C)C(=O)N[C@@H](CC(C)C)C(=O)N[C@@H](C)/C=C/C(=O)N1C(=O)C=C(OC)[C@@H]1C(C)C. The van der Waals surface area contributed by atoms with Crippen molar-refractivity contribution >= 4 is 41.3 Å². The lowest BCUT2D eigenvalue weighted by Gasteiger charge is -2.29. The van der Waals surface area contributed by atoms with Crippen LogP contribution in [0, 0.1) is 23.7 Å². The standard InChI is InChI=1S/C39H60N6O8/c1-12-25(8)34(44-39(51)41-27-14-16-28(52-10)17-15-27)38(50)43-30(20-23(4)5)37(49)42-29(19-22(2)3)36(48)40-26(9)13-18-32(46)45-33(47)21-31(53-11)35(45)24(6)7/h13-18,21-26,29-30,34-35H,12,19-20H2,1-11H3,(H,40,48)(H,42,49)(H,43,50)(H2,41,44,51)/b18-13+/t25-,26-,29-,30-,34-,35-/m0/s1. The number of methoxy groups -OCH3 is 2. The second-order valence-corrected chi connectivity index (χ2v) is 14.7. The highest BCUT2D eigenvalue weighted by atomic mass is 16.5. The fourth-order valence-electron chi connectivity index (χ4n) is 5.90. The summed E-state index contributed by atoms with van der Waals surface area (Å²) in [6.07, 6.45) is 5.20. The van der Waals surface area contributed by atoms with E-state index in [0.717, 1.165) is 4.90 Å². The van der Waals surface area contributed by atoms with Crippen LogP contribution in [0.5, 0.6) is 5.75 Å². The molecular formula is C39H60N6O8. The summed E-state index contributed by atoms with van der Waals surface area (Å²) in [5.74, 6) is -1.82. The van der Waals surface area contributed by atoms with Gasteiger partial charge in [-0.05, 0) is 67.7 Å². The summed E-state index contributed by atoms with van der Waals surface area (Å²) >= 11 is 0. The number of anilines is 1. The molecule has 0 bridgehead atoms. The minimum atomic E-state index is -0.990. The van der Waals surface area contributed by atoms with E-state index in [4.69, 9.17) is 9.47 Å². The van der Waals surface area contributed by atoms with Crippen LogP contribution in [0.3, 0.4) is 0 Å². The summed E-state index contributed by atoms with van der Waals surface area (Å²) in [4.78, 5) is 80.7. The molecule has 0 unspecified atom stereocenters. The second-order valence-electron chi connectivity index (χ2n) is 14.7. The van der Waals surface area contributed by atoms with Crippen LogP contribution in [0.4, 0.5) is 10.5 Å². The van der Waals surface area contributed by atoms with E-state index in [1.807, 2.05) is 55.4 Å². The van der Waals surface area contributed by atoms with Crippen LogP contribution in [-0.2, 0) is 28.7 Å². The highest BCUT2D eigenvalue weighted by Crippen LogP contribution is 2.27. The Bertz CT molecular complexity index is 1490. The monoisotopic (exact) mass is 740 g/mol. The quantitative estimate of drug-likeness (QED) is 0.130. The van der Waals surface area contributed by atoms with Crippen LogP contribution in [0.1, 0.15) is 81.6 Å². The lowest BCUT2D eigenvalue weighted by Crippen LogP contribution is -2.58. The van der Waals surface area contributed by atoms with Gasteiger partial charge in [-0.1, -0.05) is 67.9 Å². The highest BCUT2D eigenvalue weighted by Gasteiger charge is 2.39. The average Bonchev–Trinajstić information content (AvgIpc) is 3.44. The number of nitrogens with one attached hydrogen (secondary N) is 5. The maximum Gasteiger partial charge on any atom is 0.319 e. The van der Waals surface area contributed by atoms with Crippen molar-refractivity contribution in [3.8, 4) is 5.75 Å². The molecule has 53 heavy (non-hydrogen) atoms. The van der Waals surface area contributed by atoms with Gasteiger partial charge in [-0.3, -0.25) is 28.9 Å². The number of benzene rings is 1. The van der Waals surface area contributed by atoms with Gasteiger partial charge in [-0.15, -0.1) is 0 Å². The molecule has 0 radical (unpaired) electrons. The van der Waals surface area contributed by atoms with Crippen molar-refractivity contribution in [2.45, 2.75) is 112 Å². The first-order valence-corrected chi connectivity index (χ1v) is 18.4. The number of rotatable bonds is 19. The van der Waals surface area contributed by atoms with Crippen molar-refractivity contribution in [2.24, 2.45) is 23.7 Å². The van der Waals surface area contributed by atoms with Gasteiger partial charge in [0.15, 0.2) is 0 Å². The van der Waals surface area contributed by atoms with E-state index in [-0.39, 0.29) is 30.1 Å². The van der Waals surface area contributed by atoms with Crippen LogP contribution < -0.4 is 31.3 Å². The molecule has 0 aromatic heterocycles. The van der Waals surface area contributed by atoms with Crippen molar-refractivity contribution in [3.63, 3.8) is 0 Å². The van der Waals surface area contributed by atoms with Gasteiger partial charge < -0.3 is 36.1 Å². The van der Waals surface area contributed by atoms with Crippen molar-refractivity contribution < 1.29 is 38.2 Å². The highest BCUT2D eigenvalue weighted by molar-refractivity contribution is 6.08. The Morgan fingerprint density at radius 3 is 1.81 bits per heavy atom. The zero-order valence-corrected chi connectivity index (χ0v) is 33.1. The Hall–Kier alpha value is -4.88. The molecule has 0 spiro atoms. The molecule has 6 atom stereocenters. The number of carbonyl (C=O) groups excluding carboxylic acids is 6. The predicted octanol–water partition coefficient (Wildman–Crippen LogP) is 4.28. The summed E-state index contributed by atoms with van der Waals surface area (Å²) < 4.78 is 10.5. The molecule has 1 aromatic carbocycles. The molecule has 0 saturated heterocycles. The lowest BCUT2D eigenvalue weighted by atomic mass is 9.96. The van der Waals surface area contributed by atoms with E-state index in [1.54, 1.807) is 38.3 Å². The summed E-state index contributed by atoms with van der Waals surface area (Å²) in [7, 11) is 3.00. The fraction of sp³-hybridized carbons (Fsp3) is 0.590. The third kappa shape index (κ3) is 13.6. The number of ether oxygens (including phenoxy) is 2. The zero-order chi connectivity index (χ0) is 40.0. The molecule has 1 aromatic rings. The van der Waals surface area contributed by atoms with Gasteiger partial charge in [0.05, 0.1) is 20.3 Å². The van der Waals surface area contributed by atoms with E-state index in [2.05, 4.69) is 26.6 Å². The summed E-state index contributed by atoms with van der Waals surface area (Å²) in [5.41, 5.74) is 0.508. The van der Waals surface area contributed by atoms with Gasteiger partial charge in [-0.2, -0.15) is 0 Å². The van der Waals surface area contributed by atoms with E-state index in [9.17, 15) is 28.8 Å². The molecule has 2 rings (SSSR count). The van der Waals surface area contributed by atoms with Crippen LogP contribution in [-0.4, -0.2) is 84.9 Å². The number of amides is 7. The van der Waals surface area contributed by atoms with Crippen LogP contribution in [0.15, 0.2) is 48.3 Å². The molecule has 0 fully saturated rings. The van der Waals surface area contributed by atoms with Crippen molar-refractivity contribution in [1.29, 1.82) is 0 Å². The smallest absolute Gasteiger partial charge is 0.319 e. The van der Waals surface area contributed by atoms with E-state index >= 15 is 0 Å². The molecule has 1 aliphatic rings. The van der Waals surface area contributed by atoms with Crippen LogP contribution in [0.25, 0.3) is 0 Å². The van der Waals surface area contributed by atoms with Gasteiger partial charge in [0.2, 0.25) is 17.7 Å². The van der Waals surface area contributed by atoms with Crippen LogP contribution in [0.2, 0.25) is 0 Å². The normalized spacial score (nSPS) is 17.2. The average molecular weight is 741 g/mol. The van der Waals surface area contributed by atoms with Gasteiger partial charge >= 0.3 is 6.03 Å². The summed E-state index contributed by atoms with van der Waals surface area (Å²) in [6, 6.07) is 2.12. The van der Waals surface area contributed by atoms with Crippen molar-refractivity contribution in [1.82, 2.24) is 26.2 Å². The second kappa shape index (κ2) is 21.0. The van der Waals surface area contributed by atoms with Gasteiger partial charge in [0, 0.05) is 23.9 Å². The third-order valence-electron chi connectivity index (χ3n) is 8.88. The Balaban J connectivity index is 2.16. The number of imide groups is 1. The first kappa shape index (κ1) is 44.3. The molecule has 14 heteroatoms. The van der Waals surface area contributed by atoms with E-state index in [1.165, 1.54) is 25.3 Å². The molecule has 14 nitrogen and oxygen atoms in total. The number of hydrogen-bond donors (Lipinski definition) is 5. The van der Waals surface area contributed by atoms with Crippen molar-refractivity contribution in [2.75, 3.05) is 19.5 Å². The lowest BCUT2D eigenvalue weighted by molar-refractivity contribution is -0.140. The summed E-state index contributed by atoms with van der Waals surface area (Å²) in [5, 5.41) is 14.0. The maximum atomic E-state index is 13.8. The number of hydrogen-bond acceptors (Lipinski definition) is 8. The minimum absolute atomic E-state index is 0.00690. The van der Waals surface area contributed by atoms with Crippen LogP contribution >= 0.6 is 0 Å². The molecule has 0 saturated carbocycles. The summed E-state index contributed by atoms with van der Waals surface area (Å²) in [6.45, 7) is 16.8. The van der Waals surface area contributed by atoms with Crippen molar-refractivity contribution in [3.05, 3.63) is 48.3 Å². The topological polar surface area (TPSA) is 184 Å². The third-order valence-corrected chi connectivity index (χ3v) is 8.88. The molecule has 5 N–H and O–H groups in total. The Kier molecular flexibility index (Phi) is 17.5. The Labute approximate surface area is 314 Å². The van der Waals surface area contributed by atoms with E-state index < -0.39 is 65.8 Å². The maximum absolute atomic E-state index is 13.8. The van der Waals surface area contributed by atoms with Gasteiger partial charge in [0.1, 0.15) is 29.6 Å². The Morgan fingerprint density at radius 1 is 0.774 bits per heavy atom. The molecular weight excluding hydrogens is 680 g/mol. The first-order chi connectivity index (χ1) is 24.9. The number of nitrogens with zero attached hydrogens (tertiary/aromatic N) is 1. The fourth-order valence-corrected chi connectivity index (χ4v) is 5.90. The van der Waals surface area contributed by atoms with Gasteiger partial charge in [0.25, 0.3) is 11.8 Å². The van der Waals surface area contributed by atoms with Gasteiger partial charge in [-0.25, -0.2) is 4.79 Å². The zero-order valence-electron chi connectivity index (χ0n) is 33.1. The number of carbonyl (C=O) groups is 6. The molecule has 7 amide bonds. The predicted molar refractivity (Wildman–Crippen MR) is 203 cm³/mol.